The van der Waals surface area contributed by atoms with E-state index in [0.717, 1.165) is 10.5 Å². The van der Waals surface area contributed by atoms with Gasteiger partial charge >= 0.3 is 5.97 Å². The van der Waals surface area contributed by atoms with Gasteiger partial charge < -0.3 is 14.7 Å². The Labute approximate surface area is 155 Å². The van der Waals surface area contributed by atoms with E-state index in [1.807, 2.05) is 0 Å². The molecule has 0 spiro atoms. The van der Waals surface area contributed by atoms with Gasteiger partial charge in [-0.25, -0.2) is 9.18 Å². The zero-order valence-electron chi connectivity index (χ0n) is 14.4. The van der Waals surface area contributed by atoms with Crippen molar-refractivity contribution in [3.8, 4) is 5.75 Å². The smallest absolute Gasteiger partial charge is 0.341 e. The molecule has 7 heteroatoms. The third-order valence-corrected chi connectivity index (χ3v) is 4.54. The Balaban J connectivity index is 1.75. The standard InChI is InChI=1S/C19H20FNO4S/c1-21(12-14-2-6-16(7-3-14)25-13-19(23)24)18(22)10-11-26-17-8-4-15(20)5-9-17/h2-9H,10-13H2,1H3,(H,23,24). The number of aliphatic carboxylic acids is 1. The normalized spacial score (nSPS) is 10.4. The molecule has 138 valence electrons. The predicted octanol–water partition coefficient (Wildman–Crippen LogP) is 3.43. The summed E-state index contributed by atoms with van der Waals surface area (Å²) in [6, 6.07) is 13.2. The van der Waals surface area contributed by atoms with Crippen molar-refractivity contribution >= 4 is 23.6 Å². The average Bonchev–Trinajstić information content (AvgIpc) is 2.62. The van der Waals surface area contributed by atoms with Crippen molar-refractivity contribution in [2.45, 2.75) is 17.9 Å². The highest BCUT2D eigenvalue weighted by atomic mass is 32.2. The van der Waals surface area contributed by atoms with Crippen LogP contribution in [0.25, 0.3) is 0 Å². The van der Waals surface area contributed by atoms with Gasteiger partial charge in [-0.05, 0) is 42.0 Å². The summed E-state index contributed by atoms with van der Waals surface area (Å²) in [4.78, 5) is 25.2. The van der Waals surface area contributed by atoms with Gasteiger partial charge in [0.05, 0.1) is 0 Å². The quantitative estimate of drug-likeness (QED) is 0.678. The van der Waals surface area contributed by atoms with E-state index in [4.69, 9.17) is 9.84 Å². The number of amides is 1. The molecule has 0 saturated carbocycles. The van der Waals surface area contributed by atoms with Gasteiger partial charge in [-0.3, -0.25) is 4.79 Å². The molecule has 0 aliphatic heterocycles. The fraction of sp³-hybridized carbons (Fsp3) is 0.263. The summed E-state index contributed by atoms with van der Waals surface area (Å²) in [6.45, 7) is 0.0721. The number of benzene rings is 2. The van der Waals surface area contributed by atoms with Crippen molar-refractivity contribution in [2.24, 2.45) is 0 Å². The van der Waals surface area contributed by atoms with Gasteiger partial charge in [0.2, 0.25) is 5.91 Å². The summed E-state index contributed by atoms with van der Waals surface area (Å²) in [5, 5.41) is 8.58. The topological polar surface area (TPSA) is 66.8 Å². The van der Waals surface area contributed by atoms with Crippen LogP contribution in [0.1, 0.15) is 12.0 Å². The Morgan fingerprint density at radius 1 is 1.12 bits per heavy atom. The number of hydrogen-bond acceptors (Lipinski definition) is 4. The molecule has 0 aliphatic rings. The van der Waals surface area contributed by atoms with Crippen LogP contribution in [0, 0.1) is 5.82 Å². The molecule has 26 heavy (non-hydrogen) atoms. The number of hydrogen-bond donors (Lipinski definition) is 1. The van der Waals surface area contributed by atoms with Crippen molar-refractivity contribution in [1.29, 1.82) is 0 Å². The lowest BCUT2D eigenvalue weighted by molar-refractivity contribution is -0.139. The third-order valence-electron chi connectivity index (χ3n) is 3.53. The summed E-state index contributed by atoms with van der Waals surface area (Å²) < 4.78 is 17.9. The van der Waals surface area contributed by atoms with Gasteiger partial charge in [0.15, 0.2) is 6.61 Å². The van der Waals surface area contributed by atoms with Crippen LogP contribution in [0.15, 0.2) is 53.4 Å². The van der Waals surface area contributed by atoms with Gasteiger partial charge in [-0.15, -0.1) is 11.8 Å². The van der Waals surface area contributed by atoms with E-state index >= 15 is 0 Å². The van der Waals surface area contributed by atoms with E-state index in [9.17, 15) is 14.0 Å². The first-order valence-corrected chi connectivity index (χ1v) is 8.98. The fourth-order valence-electron chi connectivity index (χ4n) is 2.18. The van der Waals surface area contributed by atoms with Crippen molar-refractivity contribution in [3.05, 3.63) is 59.9 Å². The van der Waals surface area contributed by atoms with Gasteiger partial charge in [-0.1, -0.05) is 12.1 Å². The Morgan fingerprint density at radius 3 is 2.38 bits per heavy atom. The molecule has 2 rings (SSSR count). The molecule has 0 aromatic heterocycles. The number of carbonyl (C=O) groups is 2. The molecule has 1 amide bonds. The second-order valence-corrected chi connectivity index (χ2v) is 6.80. The number of carboxylic acids is 1. The Hall–Kier alpha value is -2.54. The van der Waals surface area contributed by atoms with Crippen molar-refractivity contribution in [3.63, 3.8) is 0 Å². The van der Waals surface area contributed by atoms with E-state index < -0.39 is 5.97 Å². The minimum Gasteiger partial charge on any atom is -0.482 e. The van der Waals surface area contributed by atoms with Crippen LogP contribution in [-0.4, -0.2) is 41.3 Å². The lowest BCUT2D eigenvalue weighted by atomic mass is 10.2. The maximum Gasteiger partial charge on any atom is 0.341 e. The minimum absolute atomic E-state index is 0.0193. The summed E-state index contributed by atoms with van der Waals surface area (Å²) in [7, 11) is 1.74. The number of thioether (sulfide) groups is 1. The number of nitrogens with zero attached hydrogens (tertiary/aromatic N) is 1. The number of ether oxygens (including phenoxy) is 1. The first-order valence-electron chi connectivity index (χ1n) is 8.00. The molecule has 1 N–H and O–H groups in total. The van der Waals surface area contributed by atoms with E-state index in [0.29, 0.717) is 24.5 Å². The molecular formula is C19H20FNO4S. The fourth-order valence-corrected chi connectivity index (χ4v) is 3.02. The molecule has 0 atom stereocenters. The molecule has 0 unspecified atom stereocenters. The van der Waals surface area contributed by atoms with Crippen LogP contribution in [0.3, 0.4) is 0 Å². The molecule has 0 fully saturated rings. The Bertz CT molecular complexity index is 734. The molecule has 5 nitrogen and oxygen atoms in total. The maximum atomic E-state index is 12.8. The first kappa shape index (κ1) is 19.8. The average molecular weight is 377 g/mol. The van der Waals surface area contributed by atoms with Crippen LogP contribution in [0.2, 0.25) is 0 Å². The molecular weight excluding hydrogens is 357 g/mol. The van der Waals surface area contributed by atoms with Crippen LogP contribution in [0.5, 0.6) is 5.75 Å². The Morgan fingerprint density at radius 2 is 1.77 bits per heavy atom. The van der Waals surface area contributed by atoms with Gasteiger partial charge in [0, 0.05) is 30.7 Å². The Kier molecular flexibility index (Phi) is 7.47. The molecule has 0 radical (unpaired) electrons. The first-order chi connectivity index (χ1) is 12.4. The van der Waals surface area contributed by atoms with Crippen molar-refractivity contribution in [2.75, 3.05) is 19.4 Å². The summed E-state index contributed by atoms with van der Waals surface area (Å²) >= 11 is 1.51. The summed E-state index contributed by atoms with van der Waals surface area (Å²) in [6.07, 6.45) is 0.387. The van der Waals surface area contributed by atoms with Gasteiger partial charge in [0.1, 0.15) is 11.6 Å². The number of carbonyl (C=O) groups excluding carboxylic acids is 1. The lowest BCUT2D eigenvalue weighted by Crippen LogP contribution is -2.26. The summed E-state index contributed by atoms with van der Waals surface area (Å²) in [5.74, 6) is -0.189. The largest absolute Gasteiger partial charge is 0.482 e. The highest BCUT2D eigenvalue weighted by molar-refractivity contribution is 7.99. The van der Waals surface area contributed by atoms with Crippen molar-refractivity contribution in [1.82, 2.24) is 4.90 Å². The van der Waals surface area contributed by atoms with E-state index in [2.05, 4.69) is 0 Å². The highest BCUT2D eigenvalue weighted by Gasteiger charge is 2.10. The SMILES string of the molecule is CN(Cc1ccc(OCC(=O)O)cc1)C(=O)CCSc1ccc(F)cc1. The molecule has 2 aromatic rings. The highest BCUT2D eigenvalue weighted by Crippen LogP contribution is 2.19. The van der Waals surface area contributed by atoms with Crippen molar-refractivity contribution < 1.29 is 23.8 Å². The molecule has 0 bridgehead atoms. The zero-order valence-corrected chi connectivity index (χ0v) is 15.2. The predicted molar refractivity (Wildman–Crippen MR) is 97.8 cm³/mol. The van der Waals surface area contributed by atoms with Crippen LogP contribution >= 0.6 is 11.8 Å². The van der Waals surface area contributed by atoms with Gasteiger partial charge in [-0.2, -0.15) is 0 Å². The van der Waals surface area contributed by atoms with Crippen LogP contribution in [-0.2, 0) is 16.1 Å². The number of carboxylic acid groups (broad SMARTS) is 1. The summed E-state index contributed by atoms with van der Waals surface area (Å²) in [5.41, 5.74) is 0.926. The number of halogens is 1. The monoisotopic (exact) mass is 377 g/mol. The lowest BCUT2D eigenvalue weighted by Gasteiger charge is -2.17. The maximum absolute atomic E-state index is 12.8. The molecule has 0 heterocycles. The van der Waals surface area contributed by atoms with E-state index in [1.54, 1.807) is 48.3 Å². The van der Waals surface area contributed by atoms with E-state index in [-0.39, 0.29) is 18.3 Å². The zero-order chi connectivity index (χ0) is 18.9. The van der Waals surface area contributed by atoms with Gasteiger partial charge in [0.25, 0.3) is 0 Å². The molecule has 0 aliphatic carbocycles. The van der Waals surface area contributed by atoms with E-state index in [1.165, 1.54) is 23.9 Å². The minimum atomic E-state index is -1.03. The molecule has 2 aromatic carbocycles. The molecule has 0 saturated heterocycles. The second-order valence-electron chi connectivity index (χ2n) is 5.63. The number of rotatable bonds is 9. The van der Waals surface area contributed by atoms with Crippen LogP contribution < -0.4 is 4.74 Å². The third kappa shape index (κ3) is 6.76. The second kappa shape index (κ2) is 9.82. The van der Waals surface area contributed by atoms with Crippen LogP contribution in [0.4, 0.5) is 4.39 Å².